The molecule has 0 saturated carbocycles. The third kappa shape index (κ3) is 4.62. The van der Waals surface area contributed by atoms with E-state index in [2.05, 4.69) is 48.8 Å². The van der Waals surface area contributed by atoms with Crippen molar-refractivity contribution in [3.8, 4) is 0 Å². The van der Waals surface area contributed by atoms with E-state index in [1.807, 2.05) is 23.5 Å². The van der Waals surface area contributed by atoms with Gasteiger partial charge in [-0.3, -0.25) is 0 Å². The van der Waals surface area contributed by atoms with Crippen molar-refractivity contribution >= 4 is 22.9 Å². The second-order valence-corrected chi connectivity index (χ2v) is 6.84. The van der Waals surface area contributed by atoms with Crippen molar-refractivity contribution in [3.05, 3.63) is 57.2 Å². The molecular weight excluding hydrogens is 286 g/mol. The lowest BCUT2D eigenvalue weighted by Gasteiger charge is -2.20. The molecule has 0 radical (unpaired) electrons. The van der Waals surface area contributed by atoms with Crippen molar-refractivity contribution in [3.63, 3.8) is 0 Å². The number of benzene rings is 1. The second-order valence-electron chi connectivity index (χ2n) is 5.40. The summed E-state index contributed by atoms with van der Waals surface area (Å²) >= 11 is 8.21. The third-order valence-electron chi connectivity index (χ3n) is 3.44. The van der Waals surface area contributed by atoms with Gasteiger partial charge in [0, 0.05) is 22.5 Å². The first-order valence-corrected chi connectivity index (χ1v) is 8.42. The van der Waals surface area contributed by atoms with E-state index in [0.29, 0.717) is 12.0 Å². The Morgan fingerprint density at radius 2 is 1.95 bits per heavy atom. The molecule has 2 aromatic rings. The first-order chi connectivity index (χ1) is 9.66. The van der Waals surface area contributed by atoms with E-state index in [0.717, 1.165) is 24.4 Å². The summed E-state index contributed by atoms with van der Waals surface area (Å²) in [6, 6.07) is 13.1. The lowest BCUT2D eigenvalue weighted by Crippen LogP contribution is -2.28. The van der Waals surface area contributed by atoms with Crippen LogP contribution in [-0.2, 0) is 6.42 Å². The maximum Gasteiger partial charge on any atom is 0.0441 e. The molecule has 1 nitrogen and oxygen atoms in total. The lowest BCUT2D eigenvalue weighted by atomic mass is 9.93. The van der Waals surface area contributed by atoms with E-state index in [9.17, 15) is 0 Å². The molecule has 20 heavy (non-hydrogen) atoms. The maximum atomic E-state index is 6.37. The van der Waals surface area contributed by atoms with Crippen LogP contribution in [0.25, 0.3) is 0 Å². The summed E-state index contributed by atoms with van der Waals surface area (Å²) in [4.78, 5) is 1.45. The average Bonchev–Trinajstić information content (AvgIpc) is 2.93. The number of hydrogen-bond acceptors (Lipinski definition) is 2. The van der Waals surface area contributed by atoms with Crippen LogP contribution in [0.3, 0.4) is 0 Å². The normalized spacial score (nSPS) is 12.8. The zero-order valence-corrected chi connectivity index (χ0v) is 13.7. The Balaban J connectivity index is 2.05. The molecule has 1 atom stereocenters. The Labute approximate surface area is 131 Å². The van der Waals surface area contributed by atoms with E-state index in [4.69, 9.17) is 11.6 Å². The summed E-state index contributed by atoms with van der Waals surface area (Å²) in [5.41, 5.74) is 1.26. The van der Waals surface area contributed by atoms with Crippen molar-refractivity contribution in [1.29, 1.82) is 0 Å². The molecule has 0 fully saturated rings. The van der Waals surface area contributed by atoms with Crippen molar-refractivity contribution in [2.75, 3.05) is 6.54 Å². The van der Waals surface area contributed by atoms with Crippen LogP contribution in [0.2, 0.25) is 5.02 Å². The molecule has 1 heterocycles. The Hall–Kier alpha value is -0.830. The molecule has 0 aliphatic rings. The number of aryl methyl sites for hydroxylation is 1. The Morgan fingerprint density at radius 1 is 1.15 bits per heavy atom. The van der Waals surface area contributed by atoms with Gasteiger partial charge in [-0.25, -0.2) is 0 Å². The van der Waals surface area contributed by atoms with Gasteiger partial charge in [0.1, 0.15) is 0 Å². The topological polar surface area (TPSA) is 12.0 Å². The summed E-state index contributed by atoms with van der Waals surface area (Å²) < 4.78 is 0. The molecule has 0 amide bonds. The number of rotatable bonds is 7. The van der Waals surface area contributed by atoms with E-state index in [1.54, 1.807) is 0 Å². The fourth-order valence-corrected chi connectivity index (χ4v) is 3.34. The van der Waals surface area contributed by atoms with Gasteiger partial charge >= 0.3 is 0 Å². The molecule has 1 aromatic heterocycles. The Morgan fingerprint density at radius 3 is 2.60 bits per heavy atom. The van der Waals surface area contributed by atoms with Gasteiger partial charge in [0.2, 0.25) is 0 Å². The summed E-state index contributed by atoms with van der Waals surface area (Å²) in [5.74, 6) is 0.466. The maximum absolute atomic E-state index is 6.37. The first-order valence-electron chi connectivity index (χ1n) is 7.17. The van der Waals surface area contributed by atoms with Crippen molar-refractivity contribution in [2.45, 2.75) is 38.6 Å². The lowest BCUT2D eigenvalue weighted by molar-refractivity contribution is 0.509. The summed E-state index contributed by atoms with van der Waals surface area (Å²) in [7, 11) is 0. The van der Waals surface area contributed by atoms with Gasteiger partial charge in [0.05, 0.1) is 0 Å². The van der Waals surface area contributed by atoms with Crippen LogP contribution in [0.15, 0.2) is 41.8 Å². The minimum Gasteiger partial charge on any atom is -0.314 e. The van der Waals surface area contributed by atoms with Crippen LogP contribution >= 0.6 is 22.9 Å². The molecule has 0 spiro atoms. The predicted octanol–water partition coefficient (Wildman–Crippen LogP) is 5.12. The van der Waals surface area contributed by atoms with Crippen LogP contribution in [0.1, 0.15) is 36.6 Å². The summed E-state index contributed by atoms with van der Waals surface area (Å²) in [5, 5.41) is 6.57. The van der Waals surface area contributed by atoms with E-state index in [1.165, 1.54) is 10.4 Å². The Bertz CT molecular complexity index is 507. The number of nitrogens with one attached hydrogen (secondary N) is 1. The highest BCUT2D eigenvalue weighted by Gasteiger charge is 2.15. The molecular formula is C17H22ClNS. The van der Waals surface area contributed by atoms with Gasteiger partial charge in [0.15, 0.2) is 0 Å². The van der Waals surface area contributed by atoms with Gasteiger partial charge in [-0.1, -0.05) is 49.7 Å². The fraction of sp³-hybridized carbons (Fsp3) is 0.412. The van der Waals surface area contributed by atoms with Crippen LogP contribution in [0.5, 0.6) is 0 Å². The average molecular weight is 308 g/mol. The monoisotopic (exact) mass is 307 g/mol. The molecule has 0 saturated heterocycles. The molecule has 0 aliphatic heterocycles. The van der Waals surface area contributed by atoms with Crippen molar-refractivity contribution in [1.82, 2.24) is 5.32 Å². The summed E-state index contributed by atoms with van der Waals surface area (Å²) in [6.45, 7) is 5.35. The first kappa shape index (κ1) is 15.6. The SMILES string of the molecule is CC(C)NCC(CCc1cccs1)c1ccccc1Cl. The predicted molar refractivity (Wildman–Crippen MR) is 90.0 cm³/mol. The largest absolute Gasteiger partial charge is 0.314 e. The van der Waals surface area contributed by atoms with E-state index in [-0.39, 0.29) is 0 Å². The molecule has 1 unspecified atom stereocenters. The van der Waals surface area contributed by atoms with Gasteiger partial charge in [-0.15, -0.1) is 11.3 Å². The second kappa shape index (κ2) is 7.82. The van der Waals surface area contributed by atoms with Gasteiger partial charge in [-0.2, -0.15) is 0 Å². The highest BCUT2D eigenvalue weighted by molar-refractivity contribution is 7.09. The van der Waals surface area contributed by atoms with Gasteiger partial charge in [-0.05, 0) is 41.8 Å². The third-order valence-corrected chi connectivity index (χ3v) is 4.72. The fourth-order valence-electron chi connectivity index (χ4n) is 2.32. The standard InChI is InChI=1S/C17H22ClNS/c1-13(2)19-12-14(9-10-15-6-5-11-20-15)16-7-3-4-8-17(16)18/h3-8,11,13-14,19H,9-10,12H2,1-2H3. The quantitative estimate of drug-likeness (QED) is 0.749. The van der Waals surface area contributed by atoms with E-state index < -0.39 is 0 Å². The van der Waals surface area contributed by atoms with Gasteiger partial charge in [0.25, 0.3) is 0 Å². The van der Waals surface area contributed by atoms with Crippen LogP contribution in [0.4, 0.5) is 0 Å². The molecule has 108 valence electrons. The van der Waals surface area contributed by atoms with Gasteiger partial charge < -0.3 is 5.32 Å². The number of halogens is 1. The smallest absolute Gasteiger partial charge is 0.0441 e. The number of thiophene rings is 1. The molecule has 0 bridgehead atoms. The highest BCUT2D eigenvalue weighted by atomic mass is 35.5. The minimum absolute atomic E-state index is 0.466. The van der Waals surface area contributed by atoms with Crippen LogP contribution < -0.4 is 5.32 Å². The molecule has 2 rings (SSSR count). The molecule has 1 aromatic carbocycles. The van der Waals surface area contributed by atoms with Crippen molar-refractivity contribution < 1.29 is 0 Å². The van der Waals surface area contributed by atoms with E-state index >= 15 is 0 Å². The van der Waals surface area contributed by atoms with Crippen molar-refractivity contribution in [2.24, 2.45) is 0 Å². The van der Waals surface area contributed by atoms with Crippen LogP contribution in [0, 0.1) is 0 Å². The summed E-state index contributed by atoms with van der Waals surface area (Å²) in [6.07, 6.45) is 2.25. The molecule has 1 N–H and O–H groups in total. The van der Waals surface area contributed by atoms with Crippen LogP contribution in [-0.4, -0.2) is 12.6 Å². The molecule has 3 heteroatoms. The zero-order valence-electron chi connectivity index (χ0n) is 12.1. The number of hydrogen-bond donors (Lipinski definition) is 1. The Kier molecular flexibility index (Phi) is 6.08. The zero-order chi connectivity index (χ0) is 14.4. The molecule has 0 aliphatic carbocycles. The highest BCUT2D eigenvalue weighted by Crippen LogP contribution is 2.28. The minimum atomic E-state index is 0.466.